The number of aromatic nitrogens is 1. The van der Waals surface area contributed by atoms with Crippen LogP contribution in [0.5, 0.6) is 0 Å². The Bertz CT molecular complexity index is 164. The highest BCUT2D eigenvalue weighted by Gasteiger charge is 1.87. The van der Waals surface area contributed by atoms with Crippen molar-refractivity contribution in [3.63, 3.8) is 0 Å². The van der Waals surface area contributed by atoms with Crippen molar-refractivity contribution in [2.45, 2.75) is 6.61 Å². The van der Waals surface area contributed by atoms with Gasteiger partial charge in [-0.25, -0.2) is 4.89 Å². The van der Waals surface area contributed by atoms with Gasteiger partial charge in [0.05, 0.1) is 5.69 Å². The van der Waals surface area contributed by atoms with Gasteiger partial charge in [-0.15, -0.1) is 0 Å². The van der Waals surface area contributed by atoms with Gasteiger partial charge < -0.3 is 0 Å². The van der Waals surface area contributed by atoms with Crippen LogP contribution >= 0.6 is 0 Å². The summed E-state index contributed by atoms with van der Waals surface area (Å²) in [5.74, 6) is 0. The molecule has 0 atom stereocenters. The predicted octanol–water partition coefficient (Wildman–Crippen LogP) is 1.07. The van der Waals surface area contributed by atoms with Gasteiger partial charge >= 0.3 is 0 Å². The lowest BCUT2D eigenvalue weighted by Crippen LogP contribution is -1.89. The molecule has 0 unspecified atom stereocenters. The summed E-state index contributed by atoms with van der Waals surface area (Å²) in [5, 5.41) is 7.98. The van der Waals surface area contributed by atoms with Crippen LogP contribution in [-0.4, -0.2) is 10.2 Å². The molecule has 0 aliphatic heterocycles. The zero-order chi connectivity index (χ0) is 6.53. The smallest absolute Gasteiger partial charge is 0.124 e. The Morgan fingerprint density at radius 3 is 3.00 bits per heavy atom. The van der Waals surface area contributed by atoms with Crippen molar-refractivity contribution in [2.75, 3.05) is 0 Å². The average molecular weight is 125 g/mol. The van der Waals surface area contributed by atoms with E-state index in [1.165, 1.54) is 0 Å². The molecule has 3 nitrogen and oxygen atoms in total. The Hall–Kier alpha value is -0.930. The molecule has 1 aromatic rings. The first kappa shape index (κ1) is 6.19. The van der Waals surface area contributed by atoms with Crippen molar-refractivity contribution in [3.8, 4) is 0 Å². The Balaban J connectivity index is 2.61. The SMILES string of the molecule is OOCc1ccccn1. The highest BCUT2D eigenvalue weighted by atomic mass is 17.1. The van der Waals surface area contributed by atoms with E-state index in [9.17, 15) is 0 Å². The summed E-state index contributed by atoms with van der Waals surface area (Å²) in [7, 11) is 0. The molecule has 0 aliphatic rings. The third-order valence-electron chi connectivity index (χ3n) is 0.939. The van der Waals surface area contributed by atoms with Gasteiger partial charge in [-0.2, -0.15) is 0 Å². The lowest BCUT2D eigenvalue weighted by atomic mass is 10.4. The van der Waals surface area contributed by atoms with Crippen molar-refractivity contribution in [3.05, 3.63) is 30.1 Å². The Morgan fingerprint density at radius 2 is 2.44 bits per heavy atom. The minimum absolute atomic E-state index is 0.154. The molecule has 1 rings (SSSR count). The summed E-state index contributed by atoms with van der Waals surface area (Å²) < 4.78 is 0. The maximum atomic E-state index is 7.98. The maximum absolute atomic E-state index is 7.98. The monoisotopic (exact) mass is 125 g/mol. The first-order valence-corrected chi connectivity index (χ1v) is 2.60. The van der Waals surface area contributed by atoms with Crippen molar-refractivity contribution < 1.29 is 10.1 Å². The molecule has 0 aromatic carbocycles. The van der Waals surface area contributed by atoms with E-state index in [0.717, 1.165) is 5.69 Å². The van der Waals surface area contributed by atoms with Crippen LogP contribution in [0.15, 0.2) is 24.4 Å². The van der Waals surface area contributed by atoms with Gasteiger partial charge in [0.25, 0.3) is 0 Å². The van der Waals surface area contributed by atoms with E-state index in [4.69, 9.17) is 5.26 Å². The van der Waals surface area contributed by atoms with E-state index in [1.54, 1.807) is 18.3 Å². The first-order valence-electron chi connectivity index (χ1n) is 2.60. The van der Waals surface area contributed by atoms with Crippen LogP contribution in [0.2, 0.25) is 0 Å². The molecule has 1 aromatic heterocycles. The molecule has 0 saturated carbocycles. The molecular formula is C6H7NO2. The quantitative estimate of drug-likeness (QED) is 0.475. The second-order valence-corrected chi connectivity index (χ2v) is 1.59. The molecule has 0 aliphatic carbocycles. The molecule has 1 N–H and O–H groups in total. The average Bonchev–Trinajstić information content (AvgIpc) is 1.91. The van der Waals surface area contributed by atoms with Crippen molar-refractivity contribution >= 4 is 0 Å². The third kappa shape index (κ3) is 1.79. The van der Waals surface area contributed by atoms with Crippen LogP contribution in [0, 0.1) is 0 Å². The summed E-state index contributed by atoms with van der Waals surface area (Å²) in [6, 6.07) is 5.42. The molecule has 3 heteroatoms. The van der Waals surface area contributed by atoms with Crippen LogP contribution in [0.3, 0.4) is 0 Å². The first-order chi connectivity index (χ1) is 4.43. The molecule has 0 fully saturated rings. The van der Waals surface area contributed by atoms with E-state index in [-0.39, 0.29) is 6.61 Å². The van der Waals surface area contributed by atoms with Gasteiger partial charge in [0, 0.05) is 6.20 Å². The number of nitrogens with zero attached hydrogens (tertiary/aromatic N) is 1. The van der Waals surface area contributed by atoms with Crippen LogP contribution in [0.4, 0.5) is 0 Å². The highest BCUT2D eigenvalue weighted by Crippen LogP contribution is 1.92. The Kier molecular flexibility index (Phi) is 2.18. The summed E-state index contributed by atoms with van der Waals surface area (Å²) in [4.78, 5) is 7.75. The van der Waals surface area contributed by atoms with E-state index in [2.05, 4.69) is 9.87 Å². The molecule has 0 bridgehead atoms. The fourth-order valence-electron chi connectivity index (χ4n) is 0.550. The van der Waals surface area contributed by atoms with Crippen LogP contribution in [-0.2, 0) is 11.5 Å². The lowest BCUT2D eigenvalue weighted by Gasteiger charge is -1.92. The number of pyridine rings is 1. The minimum Gasteiger partial charge on any atom is -0.259 e. The molecule has 0 amide bonds. The van der Waals surface area contributed by atoms with E-state index < -0.39 is 0 Å². The standard InChI is InChI=1S/C6H7NO2/c8-9-5-6-3-1-2-4-7-6/h1-4,8H,5H2. The summed E-state index contributed by atoms with van der Waals surface area (Å²) in [6.07, 6.45) is 1.65. The van der Waals surface area contributed by atoms with Gasteiger partial charge in [0.2, 0.25) is 0 Å². The van der Waals surface area contributed by atoms with E-state index in [1.807, 2.05) is 6.07 Å². The molecule has 9 heavy (non-hydrogen) atoms. The summed E-state index contributed by atoms with van der Waals surface area (Å²) >= 11 is 0. The van der Waals surface area contributed by atoms with Crippen molar-refractivity contribution in [2.24, 2.45) is 0 Å². The van der Waals surface area contributed by atoms with Crippen molar-refractivity contribution in [1.82, 2.24) is 4.98 Å². The summed E-state index contributed by atoms with van der Waals surface area (Å²) in [6.45, 7) is 0.154. The lowest BCUT2D eigenvalue weighted by molar-refractivity contribution is -0.253. The molecular weight excluding hydrogens is 118 g/mol. The number of hydrogen-bond acceptors (Lipinski definition) is 3. The van der Waals surface area contributed by atoms with Crippen LogP contribution in [0.1, 0.15) is 5.69 Å². The number of rotatable bonds is 2. The fourth-order valence-corrected chi connectivity index (χ4v) is 0.550. The Labute approximate surface area is 52.9 Å². The number of hydrogen-bond donors (Lipinski definition) is 1. The molecule has 48 valence electrons. The van der Waals surface area contributed by atoms with E-state index in [0.29, 0.717) is 0 Å². The topological polar surface area (TPSA) is 42.4 Å². The van der Waals surface area contributed by atoms with Gasteiger partial charge in [0.15, 0.2) is 0 Å². The van der Waals surface area contributed by atoms with Gasteiger partial charge in [-0.3, -0.25) is 10.2 Å². The van der Waals surface area contributed by atoms with Crippen LogP contribution in [0.25, 0.3) is 0 Å². The fraction of sp³-hybridized carbons (Fsp3) is 0.167. The minimum atomic E-state index is 0.154. The van der Waals surface area contributed by atoms with Crippen molar-refractivity contribution in [1.29, 1.82) is 0 Å². The highest BCUT2D eigenvalue weighted by molar-refractivity contribution is 5.01. The Morgan fingerprint density at radius 1 is 1.56 bits per heavy atom. The van der Waals surface area contributed by atoms with Gasteiger partial charge in [-0.05, 0) is 12.1 Å². The maximum Gasteiger partial charge on any atom is 0.124 e. The van der Waals surface area contributed by atoms with Gasteiger partial charge in [0.1, 0.15) is 6.61 Å². The zero-order valence-electron chi connectivity index (χ0n) is 4.82. The summed E-state index contributed by atoms with van der Waals surface area (Å²) in [5.41, 5.74) is 0.722. The zero-order valence-corrected chi connectivity index (χ0v) is 4.82. The third-order valence-corrected chi connectivity index (χ3v) is 0.939. The van der Waals surface area contributed by atoms with E-state index >= 15 is 0 Å². The second kappa shape index (κ2) is 3.17. The van der Waals surface area contributed by atoms with Crippen LogP contribution < -0.4 is 0 Å². The molecule has 0 saturated heterocycles. The second-order valence-electron chi connectivity index (χ2n) is 1.59. The normalized spacial score (nSPS) is 9.44. The molecule has 1 heterocycles. The van der Waals surface area contributed by atoms with Gasteiger partial charge in [-0.1, -0.05) is 6.07 Å². The molecule has 0 radical (unpaired) electrons. The largest absolute Gasteiger partial charge is 0.259 e. The predicted molar refractivity (Wildman–Crippen MR) is 31.7 cm³/mol. The molecule has 0 spiro atoms.